The topological polar surface area (TPSA) is 42.4 Å². The van der Waals surface area contributed by atoms with Crippen molar-refractivity contribution in [1.29, 1.82) is 0 Å². The van der Waals surface area contributed by atoms with Crippen LogP contribution in [0.25, 0.3) is 0 Å². The molecule has 0 N–H and O–H groups in total. The van der Waals surface area contributed by atoms with E-state index in [2.05, 4.69) is 10.9 Å². The molecule has 0 saturated carbocycles. The van der Waals surface area contributed by atoms with Crippen LogP contribution < -0.4 is 0 Å². The van der Waals surface area contributed by atoms with Gasteiger partial charge in [-0.2, -0.15) is 0 Å². The summed E-state index contributed by atoms with van der Waals surface area (Å²) in [6.45, 7) is 7.04. The highest BCUT2D eigenvalue weighted by molar-refractivity contribution is 5.68. The Labute approximate surface area is 126 Å². The van der Waals surface area contributed by atoms with E-state index in [0.29, 0.717) is 24.7 Å². The number of carbonyl (C=O) groups excluding carboxylic acids is 1. The lowest BCUT2D eigenvalue weighted by Crippen LogP contribution is -2.41. The molecule has 112 valence electrons. The van der Waals surface area contributed by atoms with Crippen molar-refractivity contribution in [1.82, 2.24) is 9.88 Å². The number of rotatable bonds is 1. The van der Waals surface area contributed by atoms with Gasteiger partial charge >= 0.3 is 6.09 Å². The van der Waals surface area contributed by atoms with Gasteiger partial charge in [-0.25, -0.2) is 9.78 Å². The summed E-state index contributed by atoms with van der Waals surface area (Å²) in [4.78, 5) is 18.3. The molecule has 0 unspecified atom stereocenters. The van der Waals surface area contributed by atoms with Crippen molar-refractivity contribution in [2.75, 3.05) is 13.1 Å². The quantitative estimate of drug-likeness (QED) is 0.745. The summed E-state index contributed by atoms with van der Waals surface area (Å²) in [6, 6.07) is 5.78. The van der Waals surface area contributed by atoms with Crippen molar-refractivity contribution < 1.29 is 9.53 Å². The first kappa shape index (κ1) is 15.4. The molecule has 1 aromatic rings. The highest BCUT2D eigenvalue weighted by Crippen LogP contribution is 2.27. The van der Waals surface area contributed by atoms with E-state index in [9.17, 15) is 4.79 Å². The Morgan fingerprint density at radius 1 is 1.38 bits per heavy atom. The van der Waals surface area contributed by atoms with Crippen molar-refractivity contribution >= 4 is 6.09 Å². The molecule has 21 heavy (non-hydrogen) atoms. The minimum Gasteiger partial charge on any atom is -0.444 e. The van der Waals surface area contributed by atoms with Gasteiger partial charge in [-0.15, -0.1) is 6.42 Å². The molecule has 2 rings (SSSR count). The van der Waals surface area contributed by atoms with Crippen LogP contribution in [-0.2, 0) is 4.74 Å². The van der Waals surface area contributed by atoms with Crippen LogP contribution in [0.15, 0.2) is 18.2 Å². The van der Waals surface area contributed by atoms with Crippen LogP contribution in [0.5, 0.6) is 0 Å². The normalized spacial score (nSPS) is 16.4. The molecule has 1 saturated heterocycles. The smallest absolute Gasteiger partial charge is 0.410 e. The van der Waals surface area contributed by atoms with Gasteiger partial charge in [0.15, 0.2) is 0 Å². The summed E-state index contributed by atoms with van der Waals surface area (Å²) in [6.07, 6.45) is 6.93. The maximum atomic E-state index is 12.0. The lowest BCUT2D eigenvalue weighted by Gasteiger charge is -2.33. The first-order valence-electron chi connectivity index (χ1n) is 7.30. The number of ether oxygens (including phenoxy) is 1. The van der Waals surface area contributed by atoms with Crippen LogP contribution in [0.4, 0.5) is 4.79 Å². The van der Waals surface area contributed by atoms with Gasteiger partial charge in [-0.3, -0.25) is 0 Å². The molecule has 1 aromatic heterocycles. The highest BCUT2D eigenvalue weighted by atomic mass is 16.6. The Kier molecular flexibility index (Phi) is 4.52. The molecule has 0 aliphatic carbocycles. The molecule has 1 fully saturated rings. The number of aromatic nitrogens is 1. The standard InChI is InChI=1S/C17H22N2O2/c1-5-14-7-6-8-15(18-14)13-9-11-19(12-10-13)16(20)21-17(2,3)4/h1,6-8,13H,9-12H2,2-4H3. The highest BCUT2D eigenvalue weighted by Gasteiger charge is 2.27. The summed E-state index contributed by atoms with van der Waals surface area (Å²) >= 11 is 0. The van der Waals surface area contributed by atoms with Crippen LogP contribution in [0.1, 0.15) is 50.9 Å². The van der Waals surface area contributed by atoms with E-state index in [0.717, 1.165) is 18.5 Å². The fraction of sp³-hybridized carbons (Fsp3) is 0.529. The Bertz CT molecular complexity index is 547. The minimum atomic E-state index is -0.448. The average Bonchev–Trinajstić information content (AvgIpc) is 2.46. The second kappa shape index (κ2) is 6.17. The number of piperidine rings is 1. The van der Waals surface area contributed by atoms with Crippen molar-refractivity contribution in [2.24, 2.45) is 0 Å². The van der Waals surface area contributed by atoms with E-state index in [-0.39, 0.29) is 6.09 Å². The summed E-state index contributed by atoms with van der Waals surface area (Å²) in [5.74, 6) is 2.92. The number of nitrogens with zero attached hydrogens (tertiary/aromatic N) is 2. The average molecular weight is 286 g/mol. The third-order valence-corrected chi connectivity index (χ3v) is 3.48. The van der Waals surface area contributed by atoms with Gasteiger partial charge in [-0.1, -0.05) is 12.0 Å². The fourth-order valence-electron chi connectivity index (χ4n) is 2.44. The third kappa shape index (κ3) is 4.22. The molecular weight excluding hydrogens is 264 g/mol. The Morgan fingerprint density at radius 2 is 2.05 bits per heavy atom. The van der Waals surface area contributed by atoms with Crippen LogP contribution in [0, 0.1) is 12.3 Å². The second-order valence-corrected chi connectivity index (χ2v) is 6.33. The SMILES string of the molecule is C#Cc1cccc(C2CCN(C(=O)OC(C)(C)C)CC2)n1. The first-order chi connectivity index (χ1) is 9.89. The molecule has 1 amide bonds. The van der Waals surface area contributed by atoms with Gasteiger partial charge < -0.3 is 9.64 Å². The van der Waals surface area contributed by atoms with Crippen LogP contribution in [-0.4, -0.2) is 34.7 Å². The van der Waals surface area contributed by atoms with E-state index in [4.69, 9.17) is 11.2 Å². The van der Waals surface area contributed by atoms with Gasteiger partial charge in [0.25, 0.3) is 0 Å². The summed E-state index contributed by atoms with van der Waals surface area (Å²) in [5, 5.41) is 0. The van der Waals surface area contributed by atoms with Crippen molar-refractivity contribution in [3.8, 4) is 12.3 Å². The van der Waals surface area contributed by atoms with Crippen molar-refractivity contribution in [3.63, 3.8) is 0 Å². The molecule has 1 aliphatic rings. The van der Waals surface area contributed by atoms with Gasteiger partial charge in [0.2, 0.25) is 0 Å². The van der Waals surface area contributed by atoms with Crippen LogP contribution >= 0.6 is 0 Å². The maximum absolute atomic E-state index is 12.0. The molecule has 1 aliphatic heterocycles. The largest absolute Gasteiger partial charge is 0.444 e. The zero-order valence-electron chi connectivity index (χ0n) is 12.9. The number of terminal acetylenes is 1. The number of carbonyl (C=O) groups is 1. The minimum absolute atomic E-state index is 0.230. The van der Waals surface area contributed by atoms with Gasteiger partial charge in [-0.05, 0) is 45.7 Å². The number of likely N-dealkylation sites (tertiary alicyclic amines) is 1. The van der Waals surface area contributed by atoms with Gasteiger partial charge in [0, 0.05) is 24.7 Å². The number of hydrogen-bond donors (Lipinski definition) is 0. The van der Waals surface area contributed by atoms with Gasteiger partial charge in [0.05, 0.1) is 0 Å². The predicted molar refractivity (Wildman–Crippen MR) is 82.0 cm³/mol. The Morgan fingerprint density at radius 3 is 2.62 bits per heavy atom. The lowest BCUT2D eigenvalue weighted by molar-refractivity contribution is 0.0204. The molecule has 0 aromatic carbocycles. The molecule has 0 bridgehead atoms. The Hall–Kier alpha value is -2.02. The third-order valence-electron chi connectivity index (χ3n) is 3.48. The van der Waals surface area contributed by atoms with E-state index in [1.807, 2.05) is 39.0 Å². The molecule has 4 heteroatoms. The number of hydrogen-bond acceptors (Lipinski definition) is 3. The maximum Gasteiger partial charge on any atom is 0.410 e. The Balaban J connectivity index is 1.94. The van der Waals surface area contributed by atoms with Crippen molar-refractivity contribution in [3.05, 3.63) is 29.6 Å². The zero-order valence-corrected chi connectivity index (χ0v) is 12.9. The zero-order chi connectivity index (χ0) is 15.5. The van der Waals surface area contributed by atoms with E-state index in [1.165, 1.54) is 0 Å². The number of pyridine rings is 1. The monoisotopic (exact) mass is 286 g/mol. The summed E-state index contributed by atoms with van der Waals surface area (Å²) in [5.41, 5.74) is 1.24. The summed E-state index contributed by atoms with van der Waals surface area (Å²) in [7, 11) is 0. The second-order valence-electron chi connectivity index (χ2n) is 6.33. The molecule has 0 atom stereocenters. The van der Waals surface area contributed by atoms with E-state index < -0.39 is 5.60 Å². The molecule has 0 spiro atoms. The molecular formula is C17H22N2O2. The first-order valence-corrected chi connectivity index (χ1v) is 7.30. The lowest BCUT2D eigenvalue weighted by atomic mass is 9.93. The predicted octanol–water partition coefficient (Wildman–Crippen LogP) is 3.18. The molecule has 2 heterocycles. The van der Waals surface area contributed by atoms with E-state index in [1.54, 1.807) is 4.90 Å². The van der Waals surface area contributed by atoms with Crippen LogP contribution in [0.2, 0.25) is 0 Å². The van der Waals surface area contributed by atoms with Crippen LogP contribution in [0.3, 0.4) is 0 Å². The fourth-order valence-corrected chi connectivity index (χ4v) is 2.44. The molecule has 4 nitrogen and oxygen atoms in total. The summed E-state index contributed by atoms with van der Waals surface area (Å²) < 4.78 is 5.40. The molecule has 0 radical (unpaired) electrons. The van der Waals surface area contributed by atoms with Crippen molar-refractivity contribution in [2.45, 2.75) is 45.1 Å². The van der Waals surface area contributed by atoms with Gasteiger partial charge in [0.1, 0.15) is 11.3 Å². The van der Waals surface area contributed by atoms with E-state index >= 15 is 0 Å². The number of amides is 1.